The Bertz CT molecular complexity index is 1210. The Morgan fingerprint density at radius 3 is 2.67 bits per heavy atom. The van der Waals surface area contributed by atoms with Gasteiger partial charge in [0, 0.05) is 86.6 Å². The van der Waals surface area contributed by atoms with Gasteiger partial charge >= 0.3 is 0 Å². The second-order valence-corrected chi connectivity index (χ2v) is 11.4. The van der Waals surface area contributed by atoms with Gasteiger partial charge < -0.3 is 10.2 Å². The first kappa shape index (κ1) is 31.4. The normalized spacial score (nSPS) is 22.8. The first-order valence-corrected chi connectivity index (χ1v) is 13.0. The molecule has 0 unspecified atom stereocenters. The molecule has 1 aromatic heterocycles. The molecule has 1 amide bonds. The summed E-state index contributed by atoms with van der Waals surface area (Å²) in [6, 6.07) is 5.85. The van der Waals surface area contributed by atoms with Crippen LogP contribution in [0.2, 0.25) is 0 Å². The zero-order valence-corrected chi connectivity index (χ0v) is 24.2. The van der Waals surface area contributed by atoms with E-state index in [0.717, 1.165) is 43.5 Å². The number of aromatic nitrogens is 1. The molecule has 0 radical (unpaired) electrons. The van der Waals surface area contributed by atoms with Crippen molar-refractivity contribution in [3.63, 3.8) is 0 Å². The SMILES string of the molecule is C[C@@H]1CN(CC(=O)N2CC(C)(C)c3cnc(Cc4ccc(F)cc4F)cc32)[C@@H](CN2CCC(=O)C2)CN1.Cl.Cl. The number of rotatable bonds is 6. The molecule has 39 heavy (non-hydrogen) atoms. The van der Waals surface area contributed by atoms with Crippen molar-refractivity contribution in [1.29, 1.82) is 0 Å². The largest absolute Gasteiger partial charge is 0.311 e. The van der Waals surface area contributed by atoms with E-state index in [1.54, 1.807) is 6.20 Å². The van der Waals surface area contributed by atoms with Gasteiger partial charge in [-0.2, -0.15) is 0 Å². The molecule has 4 heterocycles. The molecule has 3 aliphatic heterocycles. The van der Waals surface area contributed by atoms with Crippen LogP contribution >= 0.6 is 24.8 Å². The average molecular weight is 585 g/mol. The molecule has 2 saturated heterocycles. The fourth-order valence-corrected chi connectivity index (χ4v) is 5.78. The van der Waals surface area contributed by atoms with Crippen LogP contribution in [0.1, 0.15) is 44.0 Å². The Morgan fingerprint density at radius 1 is 1.21 bits per heavy atom. The summed E-state index contributed by atoms with van der Waals surface area (Å²) < 4.78 is 27.6. The number of hydrogen-bond donors (Lipinski definition) is 1. The van der Waals surface area contributed by atoms with E-state index < -0.39 is 11.6 Å². The third kappa shape index (κ3) is 6.95. The third-order valence-corrected chi connectivity index (χ3v) is 7.84. The topological polar surface area (TPSA) is 68.8 Å². The molecule has 1 N–H and O–H groups in total. The second-order valence-electron chi connectivity index (χ2n) is 11.4. The van der Waals surface area contributed by atoms with E-state index in [1.165, 1.54) is 12.1 Å². The fourth-order valence-electron chi connectivity index (χ4n) is 5.78. The predicted molar refractivity (Wildman–Crippen MR) is 152 cm³/mol. The molecule has 1 aromatic carbocycles. The van der Waals surface area contributed by atoms with Crippen LogP contribution in [0.15, 0.2) is 30.5 Å². The quantitative estimate of drug-likeness (QED) is 0.562. The Balaban J connectivity index is 0.00000210. The monoisotopic (exact) mass is 583 g/mol. The molecule has 214 valence electrons. The second kappa shape index (κ2) is 12.6. The molecule has 0 aliphatic carbocycles. The number of anilines is 1. The maximum absolute atomic E-state index is 14.3. The van der Waals surface area contributed by atoms with Gasteiger partial charge in [0.1, 0.15) is 17.4 Å². The molecule has 2 fully saturated rings. The number of nitrogens with one attached hydrogen (secondary N) is 1. The number of ketones is 1. The van der Waals surface area contributed by atoms with Crippen LogP contribution in [0, 0.1) is 11.6 Å². The summed E-state index contributed by atoms with van der Waals surface area (Å²) in [5, 5.41) is 3.52. The van der Waals surface area contributed by atoms with Crippen LogP contribution in [0.3, 0.4) is 0 Å². The van der Waals surface area contributed by atoms with Crippen molar-refractivity contribution in [2.75, 3.05) is 50.7 Å². The molecule has 2 atom stereocenters. The summed E-state index contributed by atoms with van der Waals surface area (Å²) in [6.07, 6.45) is 2.61. The number of benzene rings is 1. The van der Waals surface area contributed by atoms with Gasteiger partial charge in [-0.1, -0.05) is 19.9 Å². The number of nitrogens with zero attached hydrogens (tertiary/aromatic N) is 4. The lowest BCUT2D eigenvalue weighted by atomic mass is 9.88. The van der Waals surface area contributed by atoms with E-state index in [9.17, 15) is 18.4 Å². The van der Waals surface area contributed by atoms with Crippen molar-refractivity contribution in [2.45, 2.75) is 51.1 Å². The maximum atomic E-state index is 14.3. The molecule has 0 spiro atoms. The lowest BCUT2D eigenvalue weighted by Gasteiger charge is -2.41. The number of hydrogen-bond acceptors (Lipinski definition) is 6. The Kier molecular flexibility index (Phi) is 10.1. The lowest BCUT2D eigenvalue weighted by Crippen LogP contribution is -2.60. The standard InChI is InChI=1S/C28H35F2N5O2.2ClH/c1-18-13-34(22(11-31-18)14-33-7-6-23(36)15-33)16-27(37)35-17-28(2,3)24-12-32-21(10-26(24)35)8-19-4-5-20(29)9-25(19)30;;/h4-5,9-10,12,18,22,31H,6-8,11,13-17H2,1-3H3;2*1H/t18-,22-;;/m1../s1. The summed E-state index contributed by atoms with van der Waals surface area (Å²) in [7, 11) is 0. The summed E-state index contributed by atoms with van der Waals surface area (Å²) in [5.41, 5.74) is 2.54. The molecule has 3 aliphatic rings. The average Bonchev–Trinajstić information content (AvgIpc) is 3.37. The highest BCUT2D eigenvalue weighted by molar-refractivity contribution is 5.97. The molecular formula is C28H37Cl2F2N5O2. The predicted octanol–water partition coefficient (Wildman–Crippen LogP) is 3.36. The van der Waals surface area contributed by atoms with Gasteiger partial charge in [0.15, 0.2) is 0 Å². The number of likely N-dealkylation sites (tertiary alicyclic amines) is 1. The number of amides is 1. The fraction of sp³-hybridized carbons (Fsp3) is 0.536. The minimum atomic E-state index is -0.612. The zero-order chi connectivity index (χ0) is 26.3. The van der Waals surface area contributed by atoms with Gasteiger partial charge in [0.2, 0.25) is 5.91 Å². The summed E-state index contributed by atoms with van der Waals surface area (Å²) in [4.78, 5) is 36.3. The van der Waals surface area contributed by atoms with E-state index in [2.05, 4.69) is 40.9 Å². The van der Waals surface area contributed by atoms with E-state index >= 15 is 0 Å². The van der Waals surface area contributed by atoms with Crippen molar-refractivity contribution in [2.24, 2.45) is 0 Å². The third-order valence-electron chi connectivity index (χ3n) is 7.84. The van der Waals surface area contributed by atoms with Crippen molar-refractivity contribution in [3.05, 3.63) is 58.9 Å². The van der Waals surface area contributed by atoms with Crippen LogP contribution < -0.4 is 10.2 Å². The van der Waals surface area contributed by atoms with Gasteiger partial charge in [0.25, 0.3) is 0 Å². The van der Waals surface area contributed by atoms with Crippen molar-refractivity contribution in [1.82, 2.24) is 20.1 Å². The van der Waals surface area contributed by atoms with Crippen molar-refractivity contribution in [3.8, 4) is 0 Å². The number of carbonyl (C=O) groups is 2. The molecule has 11 heteroatoms. The molecular weight excluding hydrogens is 547 g/mol. The summed E-state index contributed by atoms with van der Waals surface area (Å²) >= 11 is 0. The van der Waals surface area contributed by atoms with Crippen LogP contribution in [0.4, 0.5) is 14.5 Å². The summed E-state index contributed by atoms with van der Waals surface area (Å²) in [6.45, 7) is 10.7. The van der Waals surface area contributed by atoms with Crippen LogP contribution in [0.5, 0.6) is 0 Å². The van der Waals surface area contributed by atoms with Crippen LogP contribution in [-0.4, -0.2) is 84.4 Å². The molecule has 7 nitrogen and oxygen atoms in total. The molecule has 5 rings (SSSR count). The number of piperazine rings is 1. The Morgan fingerprint density at radius 2 is 1.97 bits per heavy atom. The van der Waals surface area contributed by atoms with Gasteiger partial charge in [-0.15, -0.1) is 24.8 Å². The number of carbonyl (C=O) groups excluding carboxylic acids is 2. The number of pyridine rings is 1. The Hall–Kier alpha value is -2.17. The number of halogens is 4. The molecule has 0 saturated carbocycles. The number of fused-ring (bicyclic) bond motifs is 1. The maximum Gasteiger partial charge on any atom is 0.241 e. The van der Waals surface area contributed by atoms with Crippen molar-refractivity contribution >= 4 is 42.2 Å². The van der Waals surface area contributed by atoms with Crippen LogP contribution in [-0.2, 0) is 21.4 Å². The highest BCUT2D eigenvalue weighted by Gasteiger charge is 2.40. The first-order chi connectivity index (χ1) is 17.6. The smallest absolute Gasteiger partial charge is 0.241 e. The minimum Gasteiger partial charge on any atom is -0.311 e. The van der Waals surface area contributed by atoms with Crippen LogP contribution in [0.25, 0.3) is 0 Å². The van der Waals surface area contributed by atoms with E-state index in [4.69, 9.17) is 0 Å². The van der Waals surface area contributed by atoms with Crippen molar-refractivity contribution < 1.29 is 18.4 Å². The highest BCUT2D eigenvalue weighted by Crippen LogP contribution is 2.40. The Labute approximate surface area is 241 Å². The summed E-state index contributed by atoms with van der Waals surface area (Å²) in [5.74, 6) is -0.915. The molecule has 0 bridgehead atoms. The van der Waals surface area contributed by atoms with Gasteiger partial charge in [-0.3, -0.25) is 24.4 Å². The van der Waals surface area contributed by atoms with E-state index in [0.29, 0.717) is 30.8 Å². The first-order valence-electron chi connectivity index (χ1n) is 13.0. The van der Waals surface area contributed by atoms with Gasteiger partial charge in [-0.25, -0.2) is 8.78 Å². The minimum absolute atomic E-state index is 0. The van der Waals surface area contributed by atoms with Gasteiger partial charge in [0.05, 0.1) is 18.8 Å². The molecule has 2 aromatic rings. The van der Waals surface area contributed by atoms with E-state index in [-0.39, 0.29) is 67.0 Å². The number of Topliss-reactive ketones (excluding diaryl/α,β-unsaturated/α-hetero) is 1. The van der Waals surface area contributed by atoms with Gasteiger partial charge in [-0.05, 0) is 24.6 Å². The zero-order valence-electron chi connectivity index (χ0n) is 22.6. The van der Waals surface area contributed by atoms with E-state index in [1.807, 2.05) is 11.0 Å². The highest BCUT2D eigenvalue weighted by atomic mass is 35.5. The lowest BCUT2D eigenvalue weighted by molar-refractivity contribution is -0.121.